The van der Waals surface area contributed by atoms with Crippen LogP contribution in [0.25, 0.3) is 0 Å². The van der Waals surface area contributed by atoms with Gasteiger partial charge in [0.15, 0.2) is 0 Å². The number of anilines is 1. The molecule has 2 N–H and O–H groups in total. The van der Waals surface area contributed by atoms with Crippen LogP contribution in [-0.4, -0.2) is 29.4 Å². The lowest BCUT2D eigenvalue weighted by molar-refractivity contribution is -0.175. The van der Waals surface area contributed by atoms with E-state index in [0.717, 1.165) is 11.0 Å². The minimum atomic E-state index is -2.42. The van der Waals surface area contributed by atoms with Gasteiger partial charge in [-0.1, -0.05) is 17.7 Å². The van der Waals surface area contributed by atoms with Crippen LogP contribution in [0.5, 0.6) is 0 Å². The Morgan fingerprint density at radius 1 is 1.32 bits per heavy atom. The third-order valence-electron chi connectivity index (χ3n) is 4.27. The Bertz CT molecular complexity index is 920. The highest BCUT2D eigenvalue weighted by atomic mass is 35.5. The quantitative estimate of drug-likeness (QED) is 0.758. The van der Waals surface area contributed by atoms with Crippen molar-refractivity contribution < 1.29 is 28.2 Å². The number of benzene rings is 2. The third kappa shape index (κ3) is 4.23. The van der Waals surface area contributed by atoms with E-state index >= 15 is 0 Å². The fraction of sp³-hybridized carbons (Fsp3) is 0.263. The van der Waals surface area contributed by atoms with E-state index in [0.29, 0.717) is 11.1 Å². The molecule has 6 nitrogen and oxygen atoms in total. The number of rotatable bonds is 4. The van der Waals surface area contributed by atoms with Gasteiger partial charge in [-0.3, -0.25) is 4.79 Å². The maximum atomic E-state index is 14.1. The van der Waals surface area contributed by atoms with E-state index in [1.54, 1.807) is 13.0 Å². The van der Waals surface area contributed by atoms with E-state index < -0.39 is 29.4 Å². The fourth-order valence-electron chi connectivity index (χ4n) is 2.91. The van der Waals surface area contributed by atoms with Gasteiger partial charge in [-0.2, -0.15) is 0 Å². The maximum absolute atomic E-state index is 14.1. The molecule has 0 bridgehead atoms. The first kappa shape index (κ1) is 20.0. The second kappa shape index (κ2) is 7.73. The molecule has 0 radical (unpaired) electrons. The van der Waals surface area contributed by atoms with Gasteiger partial charge in [-0.15, -0.1) is 0 Å². The van der Waals surface area contributed by atoms with Crippen LogP contribution in [0.2, 0.25) is 5.02 Å². The minimum Gasteiger partial charge on any atom is -0.407 e. The molecule has 148 valence electrons. The van der Waals surface area contributed by atoms with Gasteiger partial charge in [0.1, 0.15) is 11.6 Å². The lowest BCUT2D eigenvalue weighted by atomic mass is 10.2. The highest BCUT2D eigenvalue weighted by molar-refractivity contribution is 6.30. The summed E-state index contributed by atoms with van der Waals surface area (Å²) in [5.41, 5.74) is 1.04. The van der Waals surface area contributed by atoms with Crippen LogP contribution in [0.4, 0.5) is 19.3 Å². The molecule has 0 saturated carbocycles. The van der Waals surface area contributed by atoms with Crippen LogP contribution in [-0.2, 0) is 16.1 Å². The number of amides is 2. The zero-order valence-electron chi connectivity index (χ0n) is 14.8. The maximum Gasteiger partial charge on any atom is 0.410 e. The molecule has 1 aliphatic heterocycles. The summed E-state index contributed by atoms with van der Waals surface area (Å²) in [5, 5.41) is 12.9. The number of hydrogen-bond donors (Lipinski definition) is 2. The molecule has 2 aromatic carbocycles. The average Bonchev–Trinajstić information content (AvgIpc) is 2.88. The van der Waals surface area contributed by atoms with Gasteiger partial charge in [0, 0.05) is 24.5 Å². The van der Waals surface area contributed by atoms with Gasteiger partial charge in [0.05, 0.1) is 5.69 Å². The van der Waals surface area contributed by atoms with Crippen LogP contribution < -0.4 is 10.2 Å². The molecule has 0 spiro atoms. The number of carbonyl (C=O) groups is 2. The number of alkyl carbamates (subject to hydrolysis) is 1. The van der Waals surface area contributed by atoms with Gasteiger partial charge >= 0.3 is 6.09 Å². The highest BCUT2D eigenvalue weighted by Gasteiger charge is 2.50. The van der Waals surface area contributed by atoms with Gasteiger partial charge in [-0.05, 0) is 48.4 Å². The van der Waals surface area contributed by atoms with Crippen molar-refractivity contribution in [3.63, 3.8) is 0 Å². The van der Waals surface area contributed by atoms with Gasteiger partial charge in [-0.25, -0.2) is 13.6 Å². The summed E-state index contributed by atoms with van der Waals surface area (Å²) in [6.45, 7) is 1.55. The number of halogens is 3. The predicted molar refractivity (Wildman–Crippen MR) is 97.8 cm³/mol. The summed E-state index contributed by atoms with van der Waals surface area (Å²) in [5.74, 6) is -4.55. The summed E-state index contributed by atoms with van der Waals surface area (Å²) in [4.78, 5) is 25.5. The molecule has 2 amide bonds. The summed E-state index contributed by atoms with van der Waals surface area (Å²) in [6.07, 6.45) is -1.30. The summed E-state index contributed by atoms with van der Waals surface area (Å²) in [6, 6.07) is 8.04. The largest absolute Gasteiger partial charge is 0.410 e. The molecule has 0 aromatic heterocycles. The van der Waals surface area contributed by atoms with Crippen LogP contribution in [0.3, 0.4) is 0 Å². The molecule has 1 atom stereocenters. The minimum absolute atomic E-state index is 0.00932. The second-order valence-electron chi connectivity index (χ2n) is 6.47. The lowest BCUT2D eigenvalue weighted by Gasteiger charge is -2.23. The van der Waals surface area contributed by atoms with E-state index in [1.807, 2.05) is 0 Å². The smallest absolute Gasteiger partial charge is 0.407 e. The van der Waals surface area contributed by atoms with Crippen molar-refractivity contribution in [2.75, 3.05) is 11.4 Å². The summed E-state index contributed by atoms with van der Waals surface area (Å²) in [7, 11) is 0. The Kier molecular flexibility index (Phi) is 5.53. The van der Waals surface area contributed by atoms with E-state index in [-0.39, 0.29) is 30.2 Å². The van der Waals surface area contributed by atoms with Crippen LogP contribution >= 0.6 is 11.6 Å². The Hall–Kier alpha value is -2.71. The highest BCUT2D eigenvalue weighted by Crippen LogP contribution is 2.31. The Morgan fingerprint density at radius 3 is 2.75 bits per heavy atom. The number of hydrogen-bond acceptors (Lipinski definition) is 4. The molecule has 1 fully saturated rings. The van der Waals surface area contributed by atoms with Gasteiger partial charge in [0.2, 0.25) is 0 Å². The molecule has 1 aliphatic rings. The van der Waals surface area contributed by atoms with Crippen molar-refractivity contribution in [2.45, 2.75) is 25.7 Å². The van der Waals surface area contributed by atoms with Crippen molar-refractivity contribution in [3.05, 3.63) is 64.2 Å². The lowest BCUT2D eigenvalue weighted by Crippen LogP contribution is -2.46. The van der Waals surface area contributed by atoms with Crippen LogP contribution in [0.1, 0.15) is 17.5 Å². The Labute approximate surface area is 164 Å². The number of carbonyl (C=O) groups excluding carboxylic acids is 2. The second-order valence-corrected chi connectivity index (χ2v) is 6.90. The molecule has 1 heterocycles. The molecule has 1 saturated heterocycles. The number of aryl methyl sites for hydroxylation is 1. The molecule has 0 unspecified atom stereocenters. The fourth-order valence-corrected chi connectivity index (χ4v) is 3.16. The van der Waals surface area contributed by atoms with Crippen molar-refractivity contribution in [2.24, 2.45) is 0 Å². The van der Waals surface area contributed by atoms with E-state index in [2.05, 4.69) is 5.32 Å². The SMILES string of the molecule is Cc1ccc(N2CC[C@](O)(OC(=O)NCc3cc(F)cc(Cl)c3)C2=O)c(F)c1. The van der Waals surface area contributed by atoms with Crippen LogP contribution in [0, 0.1) is 18.6 Å². The standard InChI is InChI=1S/C19H17ClF2N2O4/c1-11-2-3-16(15(22)6-11)24-5-4-19(27,17(24)25)28-18(26)23-10-12-7-13(20)9-14(21)8-12/h2-3,6-9,27H,4-5,10H2,1H3,(H,23,26)/t19-/m0/s1. The summed E-state index contributed by atoms with van der Waals surface area (Å²) < 4.78 is 32.3. The molecule has 2 aromatic rings. The molecule has 28 heavy (non-hydrogen) atoms. The molecule has 9 heteroatoms. The number of aliphatic hydroxyl groups is 1. The van der Waals surface area contributed by atoms with E-state index in [4.69, 9.17) is 16.3 Å². The zero-order chi connectivity index (χ0) is 20.5. The van der Waals surface area contributed by atoms with Crippen molar-refractivity contribution >= 4 is 29.3 Å². The van der Waals surface area contributed by atoms with E-state index in [9.17, 15) is 23.5 Å². The molecule has 3 rings (SSSR count). The predicted octanol–water partition coefficient (Wildman–Crippen LogP) is 3.28. The number of ether oxygens (including phenoxy) is 1. The zero-order valence-corrected chi connectivity index (χ0v) is 15.6. The van der Waals surface area contributed by atoms with Crippen molar-refractivity contribution in [1.29, 1.82) is 0 Å². The van der Waals surface area contributed by atoms with Gasteiger partial charge in [0.25, 0.3) is 11.7 Å². The summed E-state index contributed by atoms with van der Waals surface area (Å²) >= 11 is 5.74. The first-order valence-corrected chi connectivity index (χ1v) is 8.78. The van der Waals surface area contributed by atoms with E-state index in [1.165, 1.54) is 24.3 Å². The molecular formula is C19H17ClF2N2O4. The first-order valence-electron chi connectivity index (χ1n) is 8.40. The average molecular weight is 411 g/mol. The van der Waals surface area contributed by atoms with Gasteiger partial charge < -0.3 is 20.1 Å². The molecule has 0 aliphatic carbocycles. The topological polar surface area (TPSA) is 78.9 Å². The monoisotopic (exact) mass is 410 g/mol. The normalized spacial score (nSPS) is 19.0. The van der Waals surface area contributed by atoms with Crippen LogP contribution in [0.15, 0.2) is 36.4 Å². The van der Waals surface area contributed by atoms with Crippen molar-refractivity contribution in [3.8, 4) is 0 Å². The third-order valence-corrected chi connectivity index (χ3v) is 4.49. The Balaban J connectivity index is 1.64. The van der Waals surface area contributed by atoms with Crippen molar-refractivity contribution in [1.82, 2.24) is 5.32 Å². The first-order chi connectivity index (χ1) is 13.2. The Morgan fingerprint density at radius 2 is 2.07 bits per heavy atom. The number of nitrogens with one attached hydrogen (secondary N) is 1. The molecular weight excluding hydrogens is 394 g/mol. The number of nitrogens with zero attached hydrogens (tertiary/aromatic N) is 1.